The number of halogens is 2. The van der Waals surface area contributed by atoms with Gasteiger partial charge in [0.05, 0.1) is 5.69 Å². The first-order chi connectivity index (χ1) is 37.5. The van der Waals surface area contributed by atoms with Crippen LogP contribution in [-0.2, 0) is 37.5 Å². The number of piperidine rings is 4. The third-order valence-electron chi connectivity index (χ3n) is 11.4. The summed E-state index contributed by atoms with van der Waals surface area (Å²) >= 11 is 4.24. The van der Waals surface area contributed by atoms with Gasteiger partial charge in [-0.05, 0) is 166 Å². The number of para-hydroxylation sites is 4. The van der Waals surface area contributed by atoms with E-state index < -0.39 is 0 Å². The molecule has 0 spiro atoms. The van der Waals surface area contributed by atoms with Gasteiger partial charge >= 0.3 is 18.1 Å². The van der Waals surface area contributed by atoms with E-state index in [1.54, 1.807) is 12.1 Å². The fourth-order valence-corrected chi connectivity index (χ4v) is 7.40. The molecule has 19 heteroatoms. The SMILES string of the molecule is C.C.CC.CC.CC.CC.CN1CCC(N)CC1.CN1CCC(NC(=O)Nc2ccccc2)CC1.II.O=C(Nc1ccccc1)NC1CCNCC1.O=C=Nc1ccccc1.[CH2-]N1CCC(NC(=O)Nc2ccccc2)CC1.[Y]. The number of carbonyl (C=O) groups excluding carboxylic acids is 4. The zero-order valence-electron chi connectivity index (χ0n) is 48.7. The minimum Gasteiger partial charge on any atom is -0.459 e. The Morgan fingerprint density at radius 3 is 1.09 bits per heavy atom. The van der Waals surface area contributed by atoms with E-state index in [1.807, 2.05) is 169 Å². The number of nitrogens with one attached hydrogen (secondary N) is 7. The van der Waals surface area contributed by atoms with Crippen LogP contribution >= 0.6 is 37.2 Å². The van der Waals surface area contributed by atoms with E-state index in [0.717, 1.165) is 94.9 Å². The molecule has 6 amide bonds. The number of nitrogens with two attached hydrogens (primary N) is 1. The average molecular weight is 1410 g/mol. The first kappa shape index (κ1) is 85.2. The number of likely N-dealkylation sites (tertiary alicyclic amines) is 3. The van der Waals surface area contributed by atoms with Crippen molar-refractivity contribution in [2.24, 2.45) is 10.7 Å². The van der Waals surface area contributed by atoms with Gasteiger partial charge in [-0.1, -0.05) is 143 Å². The van der Waals surface area contributed by atoms with Crippen LogP contribution in [0.3, 0.4) is 0 Å². The molecule has 0 aliphatic carbocycles. The Kier molecular flexibility index (Phi) is 64.0. The van der Waals surface area contributed by atoms with Crippen LogP contribution in [0.5, 0.6) is 0 Å². The third kappa shape index (κ3) is 46.0. The number of nitrogens with zero attached hydrogens (tertiary/aromatic N) is 4. The summed E-state index contributed by atoms with van der Waals surface area (Å²) in [5, 5.41) is 20.7. The molecule has 4 heterocycles. The van der Waals surface area contributed by atoms with E-state index in [9.17, 15) is 19.2 Å². The first-order valence-corrected chi connectivity index (χ1v) is 33.9. The van der Waals surface area contributed by atoms with Crippen LogP contribution < -0.4 is 43.0 Å². The molecule has 4 saturated heterocycles. The Balaban J connectivity index is -0.000000285. The number of benzene rings is 4. The summed E-state index contributed by atoms with van der Waals surface area (Å²) < 4.78 is 0. The van der Waals surface area contributed by atoms with Crippen molar-refractivity contribution in [2.75, 3.05) is 82.4 Å². The summed E-state index contributed by atoms with van der Waals surface area (Å²) in [6.45, 7) is 24.3. The number of amides is 6. The van der Waals surface area contributed by atoms with Crippen LogP contribution in [0.25, 0.3) is 0 Å². The van der Waals surface area contributed by atoms with Gasteiger partial charge in [-0.25, -0.2) is 19.2 Å². The fraction of sp³-hybridized carbons (Fsp3) is 0.525. The minimum absolute atomic E-state index is 0. The fourth-order valence-electron chi connectivity index (χ4n) is 7.40. The molecule has 4 aromatic carbocycles. The summed E-state index contributed by atoms with van der Waals surface area (Å²) in [6, 6.07) is 38.4. The van der Waals surface area contributed by atoms with Crippen molar-refractivity contribution in [3.63, 3.8) is 0 Å². The molecular formula is C61H105I2N12O4Y-. The molecule has 0 atom stereocenters. The maximum atomic E-state index is 11.7. The van der Waals surface area contributed by atoms with E-state index in [0.29, 0.717) is 23.8 Å². The predicted molar refractivity (Wildman–Crippen MR) is 358 cm³/mol. The van der Waals surface area contributed by atoms with Crippen LogP contribution in [0.4, 0.5) is 37.1 Å². The molecule has 4 aliphatic heterocycles. The Bertz CT molecular complexity index is 1920. The largest absolute Gasteiger partial charge is 0.459 e. The maximum absolute atomic E-state index is 11.7. The smallest absolute Gasteiger partial charge is 0.319 e. The van der Waals surface area contributed by atoms with E-state index in [-0.39, 0.29) is 71.7 Å². The summed E-state index contributed by atoms with van der Waals surface area (Å²) in [4.78, 5) is 54.8. The monoisotopic (exact) mass is 1410 g/mol. The van der Waals surface area contributed by atoms with Crippen molar-refractivity contribution in [1.82, 2.24) is 36.0 Å². The van der Waals surface area contributed by atoms with Crippen LogP contribution in [0.1, 0.15) is 122 Å². The van der Waals surface area contributed by atoms with Gasteiger partial charge in [-0.15, -0.1) is 0 Å². The predicted octanol–water partition coefficient (Wildman–Crippen LogP) is 14.4. The molecule has 80 heavy (non-hydrogen) atoms. The second-order valence-corrected chi connectivity index (χ2v) is 17.1. The second kappa shape index (κ2) is 60.0. The van der Waals surface area contributed by atoms with E-state index in [2.05, 4.69) is 110 Å². The van der Waals surface area contributed by atoms with Gasteiger partial charge in [0.25, 0.3) is 0 Å². The Labute approximate surface area is 534 Å². The molecule has 8 rings (SSSR count). The summed E-state index contributed by atoms with van der Waals surface area (Å²) in [5.41, 5.74) is 8.79. The average Bonchev–Trinajstić information content (AvgIpc) is 3.48. The second-order valence-electron chi connectivity index (χ2n) is 17.1. The number of urea groups is 3. The standard InChI is InChI=1S/C13H19N3O.C13H18N3O.C12H17N3O.C7H5NO.C6H14N2.4C2H6.2CH4.I2.Y/c2*1-16-9-7-12(8-10-16)15-13(17)14-11-5-3-2-4-6-11;16-12(14-10-4-2-1-3-5-10)15-11-6-8-13-9-7-11;9-6-8-7-4-2-1-3-5-7;1-8-4-2-6(7)3-5-8;4*1-2;;;1-2;/h2-6,12H,7-10H2,1H3,(H2,14,15,17);2-6,12H,1,7-10H2,(H2,14,15,17);1-5,11,13H,6-9H2,(H2,14,15,16);1-5H;6H,2-5,7H2,1H3;4*1-2H3;2*1H4;;/q;-1;;;;;;;;;;;. The van der Waals surface area contributed by atoms with Gasteiger partial charge in [-0.2, -0.15) is 4.99 Å². The number of carbonyl (C=O) groups is 3. The topological polar surface area (TPSA) is 201 Å². The summed E-state index contributed by atoms with van der Waals surface area (Å²) in [5.74, 6) is 0. The summed E-state index contributed by atoms with van der Waals surface area (Å²) in [7, 11) is 8.14. The normalized spacial score (nSPS) is 14.8. The quantitative estimate of drug-likeness (QED) is 0.0384. The van der Waals surface area contributed by atoms with E-state index in [4.69, 9.17) is 5.73 Å². The Morgan fingerprint density at radius 2 is 0.787 bits per heavy atom. The molecule has 16 nitrogen and oxygen atoms in total. The van der Waals surface area contributed by atoms with Crippen LogP contribution in [0, 0.1) is 7.05 Å². The molecule has 4 fully saturated rings. The molecule has 4 aromatic rings. The van der Waals surface area contributed by atoms with Crippen molar-refractivity contribution in [3.05, 3.63) is 128 Å². The Morgan fingerprint density at radius 1 is 0.512 bits per heavy atom. The molecule has 451 valence electrons. The van der Waals surface area contributed by atoms with Crippen LogP contribution in [-0.4, -0.2) is 129 Å². The zero-order chi connectivity index (χ0) is 57.9. The first-order valence-electron chi connectivity index (χ1n) is 27.6. The van der Waals surface area contributed by atoms with Crippen molar-refractivity contribution >= 4 is 84.2 Å². The molecule has 0 bridgehead atoms. The van der Waals surface area contributed by atoms with Gasteiger partial charge < -0.3 is 57.7 Å². The van der Waals surface area contributed by atoms with Gasteiger partial charge in [0.2, 0.25) is 6.08 Å². The number of rotatable bonds is 7. The van der Waals surface area contributed by atoms with Crippen molar-refractivity contribution in [1.29, 1.82) is 0 Å². The van der Waals surface area contributed by atoms with E-state index >= 15 is 0 Å². The van der Waals surface area contributed by atoms with Crippen LogP contribution in [0.2, 0.25) is 0 Å². The molecule has 0 saturated carbocycles. The number of anilines is 3. The minimum atomic E-state index is -0.126. The molecular weight excluding hydrogens is 1310 g/mol. The molecule has 4 aliphatic rings. The zero-order valence-corrected chi connectivity index (χ0v) is 55.9. The number of hydrogen-bond acceptors (Lipinski definition) is 10. The molecule has 0 aromatic heterocycles. The van der Waals surface area contributed by atoms with Crippen molar-refractivity contribution in [3.8, 4) is 0 Å². The van der Waals surface area contributed by atoms with Gasteiger partial charge in [0.15, 0.2) is 0 Å². The third-order valence-corrected chi connectivity index (χ3v) is 11.4. The van der Waals surface area contributed by atoms with Gasteiger partial charge in [0.1, 0.15) is 0 Å². The molecule has 0 unspecified atom stereocenters. The van der Waals surface area contributed by atoms with Crippen LogP contribution in [0.15, 0.2) is 126 Å². The number of aliphatic imine (C=N–C) groups is 1. The van der Waals surface area contributed by atoms with Gasteiger partial charge in [-0.3, -0.25) is 7.05 Å². The van der Waals surface area contributed by atoms with E-state index in [1.165, 1.54) is 32.0 Å². The molecule has 9 N–H and O–H groups in total. The molecule has 1 radical (unpaired) electrons. The van der Waals surface area contributed by atoms with Crippen molar-refractivity contribution < 1.29 is 51.9 Å². The maximum Gasteiger partial charge on any atom is 0.319 e. The number of hydrogen-bond donors (Lipinski definition) is 8. The Hall–Kier alpha value is -3.57. The summed E-state index contributed by atoms with van der Waals surface area (Å²) in [6.07, 6.45) is 9.80. The van der Waals surface area contributed by atoms with Crippen molar-refractivity contribution in [2.45, 2.75) is 146 Å². The van der Waals surface area contributed by atoms with Gasteiger partial charge in [0, 0.05) is 111 Å². The number of isocyanates is 1.